The average molecular weight is 461 g/mol. The van der Waals surface area contributed by atoms with Crippen LogP contribution in [0.2, 0.25) is 0 Å². The van der Waals surface area contributed by atoms with Crippen molar-refractivity contribution in [3.8, 4) is 10.7 Å². The van der Waals surface area contributed by atoms with Gasteiger partial charge in [-0.05, 0) is 60.2 Å². The Kier molecular flexibility index (Phi) is 5.51. The Morgan fingerprint density at radius 3 is 2.70 bits per heavy atom. The highest BCUT2D eigenvalue weighted by molar-refractivity contribution is 7.13. The molecule has 2 amide bonds. The van der Waals surface area contributed by atoms with E-state index in [0.717, 1.165) is 28.1 Å². The molecule has 0 saturated carbocycles. The summed E-state index contributed by atoms with van der Waals surface area (Å²) in [6.07, 6.45) is 0.852. The Labute approximate surface area is 194 Å². The predicted molar refractivity (Wildman–Crippen MR) is 126 cm³/mol. The van der Waals surface area contributed by atoms with Gasteiger partial charge in [-0.25, -0.2) is 9.18 Å². The van der Waals surface area contributed by atoms with Crippen molar-refractivity contribution in [2.45, 2.75) is 26.3 Å². The molecule has 0 bridgehead atoms. The monoisotopic (exact) mass is 460 g/mol. The fourth-order valence-electron chi connectivity index (χ4n) is 3.99. The molecule has 1 aliphatic heterocycles. The first-order valence-electron chi connectivity index (χ1n) is 10.6. The highest BCUT2D eigenvalue weighted by atomic mass is 32.1. The zero-order valence-corrected chi connectivity index (χ0v) is 18.9. The Morgan fingerprint density at radius 1 is 1.15 bits per heavy atom. The minimum absolute atomic E-state index is 0.281. The number of rotatable bonds is 5. The van der Waals surface area contributed by atoms with Gasteiger partial charge in [-0.2, -0.15) is 4.98 Å². The molecule has 0 fully saturated rings. The van der Waals surface area contributed by atoms with Crippen LogP contribution in [-0.2, 0) is 6.42 Å². The average Bonchev–Trinajstić information content (AvgIpc) is 3.52. The Morgan fingerprint density at radius 2 is 1.97 bits per heavy atom. The quantitative estimate of drug-likeness (QED) is 0.385. The van der Waals surface area contributed by atoms with Gasteiger partial charge in [0.25, 0.3) is 5.89 Å². The zero-order chi connectivity index (χ0) is 22.9. The number of benzene rings is 2. The molecule has 2 aromatic heterocycles. The Balaban J connectivity index is 1.66. The number of halogens is 1. The molecule has 0 saturated heterocycles. The third kappa shape index (κ3) is 3.93. The van der Waals surface area contributed by atoms with Crippen molar-refractivity contribution < 1.29 is 13.7 Å². The van der Waals surface area contributed by atoms with Crippen LogP contribution in [0.5, 0.6) is 0 Å². The molecule has 8 heteroatoms. The standard InChI is InChI=1S/C25H21FN4O2S/c1-3-16-6-4-7-19(14-16)30-15(2)21(24-28-23(29-32-24)20-8-5-13-33-20)22(27-25(30)31)17-9-11-18(26)12-10-17/h4-14,22H,3H2,1-2H3,(H,27,31). The van der Waals surface area contributed by atoms with Gasteiger partial charge in [0.15, 0.2) is 0 Å². The number of hydrogen-bond acceptors (Lipinski definition) is 5. The van der Waals surface area contributed by atoms with Gasteiger partial charge in [-0.3, -0.25) is 4.90 Å². The molecule has 1 N–H and O–H groups in total. The summed E-state index contributed by atoms with van der Waals surface area (Å²) in [6, 6.07) is 16.9. The van der Waals surface area contributed by atoms with E-state index in [4.69, 9.17) is 4.52 Å². The number of anilines is 1. The number of carbonyl (C=O) groups is 1. The summed E-state index contributed by atoms with van der Waals surface area (Å²) in [7, 11) is 0. The van der Waals surface area contributed by atoms with E-state index in [1.165, 1.54) is 23.5 Å². The van der Waals surface area contributed by atoms with E-state index in [2.05, 4.69) is 22.4 Å². The van der Waals surface area contributed by atoms with Gasteiger partial charge in [-0.1, -0.05) is 42.4 Å². The van der Waals surface area contributed by atoms with Crippen LogP contribution in [-0.4, -0.2) is 16.2 Å². The van der Waals surface area contributed by atoms with Gasteiger partial charge in [0.2, 0.25) is 5.82 Å². The highest BCUT2D eigenvalue weighted by Gasteiger charge is 2.36. The van der Waals surface area contributed by atoms with Gasteiger partial charge >= 0.3 is 6.03 Å². The Hall–Kier alpha value is -3.78. The van der Waals surface area contributed by atoms with E-state index < -0.39 is 6.04 Å². The third-order valence-electron chi connectivity index (χ3n) is 5.66. The molecule has 2 aromatic carbocycles. The van der Waals surface area contributed by atoms with E-state index >= 15 is 0 Å². The second-order valence-electron chi connectivity index (χ2n) is 7.69. The molecule has 1 aliphatic rings. The van der Waals surface area contributed by atoms with Gasteiger partial charge in [-0.15, -0.1) is 11.3 Å². The SMILES string of the molecule is CCc1cccc(N2C(=O)NC(c3ccc(F)cc3)C(c3nc(-c4cccs4)no3)=C2C)c1. The fraction of sp³-hybridized carbons (Fsp3) is 0.160. The first-order valence-corrected chi connectivity index (χ1v) is 11.5. The van der Waals surface area contributed by atoms with Gasteiger partial charge in [0, 0.05) is 5.70 Å². The van der Waals surface area contributed by atoms with E-state index in [1.54, 1.807) is 17.0 Å². The summed E-state index contributed by atoms with van der Waals surface area (Å²) in [5, 5.41) is 9.14. The molecule has 1 unspecified atom stereocenters. The van der Waals surface area contributed by atoms with Crippen molar-refractivity contribution in [2.24, 2.45) is 0 Å². The lowest BCUT2D eigenvalue weighted by Gasteiger charge is -2.35. The third-order valence-corrected chi connectivity index (χ3v) is 6.53. The van der Waals surface area contributed by atoms with Crippen LogP contribution < -0.4 is 10.2 Å². The lowest BCUT2D eigenvalue weighted by Crippen LogP contribution is -2.46. The van der Waals surface area contributed by atoms with Gasteiger partial charge in [0.1, 0.15) is 5.82 Å². The minimum atomic E-state index is -0.569. The summed E-state index contributed by atoms with van der Waals surface area (Å²) < 4.78 is 19.3. The molecule has 33 heavy (non-hydrogen) atoms. The molecule has 0 radical (unpaired) electrons. The predicted octanol–water partition coefficient (Wildman–Crippen LogP) is 6.20. The summed E-state index contributed by atoms with van der Waals surface area (Å²) >= 11 is 1.51. The van der Waals surface area contributed by atoms with Crippen molar-refractivity contribution in [3.63, 3.8) is 0 Å². The summed E-state index contributed by atoms with van der Waals surface area (Å²) in [6.45, 7) is 3.93. The number of hydrogen-bond donors (Lipinski definition) is 1. The van der Waals surface area contributed by atoms with E-state index in [1.807, 2.05) is 48.7 Å². The lowest BCUT2D eigenvalue weighted by atomic mass is 9.94. The highest BCUT2D eigenvalue weighted by Crippen LogP contribution is 2.39. The number of urea groups is 1. The summed E-state index contributed by atoms with van der Waals surface area (Å²) in [5.74, 6) is 0.440. The van der Waals surface area contributed by atoms with E-state index in [0.29, 0.717) is 23.0 Å². The number of nitrogens with zero attached hydrogens (tertiary/aromatic N) is 3. The Bertz CT molecular complexity index is 1330. The van der Waals surface area contributed by atoms with Crippen molar-refractivity contribution in [1.82, 2.24) is 15.5 Å². The maximum Gasteiger partial charge on any atom is 0.326 e. The molecule has 0 aliphatic carbocycles. The normalized spacial score (nSPS) is 16.3. The maximum atomic E-state index is 13.6. The largest absolute Gasteiger partial charge is 0.334 e. The van der Waals surface area contributed by atoms with Gasteiger partial charge < -0.3 is 9.84 Å². The molecular formula is C25H21FN4O2S. The number of amides is 2. The van der Waals surface area contributed by atoms with Crippen LogP contribution in [0.25, 0.3) is 16.3 Å². The number of nitrogens with one attached hydrogen (secondary N) is 1. The summed E-state index contributed by atoms with van der Waals surface area (Å²) in [5.41, 5.74) is 3.92. The number of aryl methyl sites for hydroxylation is 1. The van der Waals surface area contributed by atoms with Crippen LogP contribution in [0.1, 0.15) is 36.9 Å². The van der Waals surface area contributed by atoms with Crippen LogP contribution >= 0.6 is 11.3 Å². The topological polar surface area (TPSA) is 71.3 Å². The van der Waals surface area contributed by atoms with Crippen LogP contribution in [0.15, 0.2) is 76.3 Å². The lowest BCUT2D eigenvalue weighted by molar-refractivity contribution is 0.244. The summed E-state index contributed by atoms with van der Waals surface area (Å²) in [4.78, 5) is 20.4. The molecule has 4 aromatic rings. The van der Waals surface area contributed by atoms with Crippen molar-refractivity contribution in [3.05, 3.63) is 94.6 Å². The van der Waals surface area contributed by atoms with Gasteiger partial charge in [0.05, 0.1) is 22.2 Å². The van der Waals surface area contributed by atoms with Crippen LogP contribution in [0.4, 0.5) is 14.9 Å². The number of aromatic nitrogens is 2. The maximum absolute atomic E-state index is 13.6. The molecule has 0 spiro atoms. The van der Waals surface area contributed by atoms with Crippen molar-refractivity contribution in [1.29, 1.82) is 0 Å². The molecule has 3 heterocycles. The smallest absolute Gasteiger partial charge is 0.326 e. The number of thiophene rings is 1. The van der Waals surface area contributed by atoms with Crippen LogP contribution in [0, 0.1) is 5.82 Å². The first-order chi connectivity index (χ1) is 16.0. The number of allylic oxidation sites excluding steroid dienone is 1. The van der Waals surface area contributed by atoms with Crippen molar-refractivity contribution >= 4 is 28.6 Å². The van der Waals surface area contributed by atoms with E-state index in [-0.39, 0.29) is 11.8 Å². The molecule has 1 atom stereocenters. The second-order valence-corrected chi connectivity index (χ2v) is 8.64. The van der Waals surface area contributed by atoms with Crippen LogP contribution in [0.3, 0.4) is 0 Å². The second kappa shape index (κ2) is 8.63. The molecular weight excluding hydrogens is 439 g/mol. The minimum Gasteiger partial charge on any atom is -0.334 e. The molecule has 6 nitrogen and oxygen atoms in total. The molecule has 5 rings (SSSR count). The number of carbonyl (C=O) groups excluding carboxylic acids is 1. The molecule has 166 valence electrons. The van der Waals surface area contributed by atoms with E-state index in [9.17, 15) is 9.18 Å². The first kappa shape index (κ1) is 21.1. The zero-order valence-electron chi connectivity index (χ0n) is 18.1. The van der Waals surface area contributed by atoms with Crippen molar-refractivity contribution in [2.75, 3.05) is 4.90 Å². The fourth-order valence-corrected chi connectivity index (χ4v) is 4.64.